The van der Waals surface area contributed by atoms with Crippen LogP contribution in [0.4, 0.5) is 5.69 Å². The first-order valence-electron chi connectivity index (χ1n) is 3.34. The molecule has 0 heterocycles. The second-order valence-corrected chi connectivity index (χ2v) is 4.65. The van der Waals surface area contributed by atoms with Crippen LogP contribution in [-0.4, -0.2) is 17.9 Å². The average molecular weight is 272 g/mol. The van der Waals surface area contributed by atoms with E-state index in [1.807, 2.05) is 0 Å². The van der Waals surface area contributed by atoms with Gasteiger partial charge in [-0.15, -0.1) is 0 Å². The van der Waals surface area contributed by atoms with E-state index in [9.17, 15) is 18.5 Å². The van der Waals surface area contributed by atoms with Crippen molar-refractivity contribution in [3.8, 4) is 0 Å². The zero-order chi connectivity index (χ0) is 11.8. The second kappa shape index (κ2) is 3.93. The van der Waals surface area contributed by atoms with Gasteiger partial charge in [-0.1, -0.05) is 23.2 Å². The summed E-state index contributed by atoms with van der Waals surface area (Å²) < 4.78 is 30.2. The zero-order valence-electron chi connectivity index (χ0n) is 6.85. The van der Waals surface area contributed by atoms with Crippen molar-refractivity contribution in [2.45, 2.75) is 4.90 Å². The van der Waals surface area contributed by atoms with Gasteiger partial charge in [-0.2, -0.15) is 8.42 Å². The summed E-state index contributed by atoms with van der Waals surface area (Å²) in [5.41, 5.74) is -0.572. The average Bonchev–Trinajstić information content (AvgIpc) is 2.06. The Morgan fingerprint density at radius 1 is 1.33 bits per heavy atom. The smallest absolute Gasteiger partial charge is 0.282 e. The summed E-state index contributed by atoms with van der Waals surface area (Å²) in [5.74, 6) is 0. The molecule has 0 bridgehead atoms. The van der Waals surface area contributed by atoms with Crippen molar-refractivity contribution in [3.63, 3.8) is 0 Å². The predicted octanol–water partition coefficient (Wildman–Crippen LogP) is 2.15. The Kier molecular flexibility index (Phi) is 3.19. The van der Waals surface area contributed by atoms with E-state index in [1.165, 1.54) is 0 Å². The fourth-order valence-electron chi connectivity index (χ4n) is 0.843. The first kappa shape index (κ1) is 12.2. The molecule has 15 heavy (non-hydrogen) atoms. The van der Waals surface area contributed by atoms with Crippen molar-refractivity contribution in [2.75, 3.05) is 0 Å². The Morgan fingerprint density at radius 2 is 1.87 bits per heavy atom. The van der Waals surface area contributed by atoms with E-state index in [-0.39, 0.29) is 5.02 Å². The summed E-state index contributed by atoms with van der Waals surface area (Å²) in [6.45, 7) is 0. The Labute approximate surface area is 94.3 Å². The third-order valence-electron chi connectivity index (χ3n) is 1.47. The molecule has 0 aliphatic heterocycles. The Balaban J connectivity index is 3.59. The number of benzene rings is 1. The summed E-state index contributed by atoms with van der Waals surface area (Å²) in [7, 11) is -4.63. The fourth-order valence-corrected chi connectivity index (χ4v) is 2.12. The van der Waals surface area contributed by atoms with Crippen LogP contribution in [-0.2, 0) is 10.1 Å². The van der Waals surface area contributed by atoms with E-state index in [0.29, 0.717) is 6.07 Å². The normalized spacial score (nSPS) is 11.4. The molecule has 82 valence electrons. The summed E-state index contributed by atoms with van der Waals surface area (Å²) >= 11 is 10.9. The van der Waals surface area contributed by atoms with Crippen molar-refractivity contribution in [1.29, 1.82) is 0 Å². The van der Waals surface area contributed by atoms with Crippen LogP contribution in [0.2, 0.25) is 10.0 Å². The molecule has 0 saturated heterocycles. The third kappa shape index (κ3) is 2.57. The molecule has 1 aromatic carbocycles. The highest BCUT2D eigenvalue weighted by atomic mass is 35.5. The molecule has 0 aliphatic rings. The van der Waals surface area contributed by atoms with Crippen LogP contribution in [0, 0.1) is 10.1 Å². The number of rotatable bonds is 2. The molecule has 0 unspecified atom stereocenters. The summed E-state index contributed by atoms with van der Waals surface area (Å²) in [5, 5.41) is 9.60. The maximum Gasteiger partial charge on any atom is 0.296 e. The van der Waals surface area contributed by atoms with Gasteiger partial charge in [0.15, 0.2) is 0 Å². The van der Waals surface area contributed by atoms with Gasteiger partial charge in [0.05, 0.1) is 15.0 Å². The predicted molar refractivity (Wildman–Crippen MR) is 52.9 cm³/mol. The molecule has 0 spiro atoms. The first-order valence-corrected chi connectivity index (χ1v) is 5.54. The van der Waals surface area contributed by atoms with E-state index in [0.717, 1.165) is 6.07 Å². The van der Waals surface area contributed by atoms with Crippen LogP contribution < -0.4 is 0 Å². The number of nitro benzene ring substituents is 1. The molecule has 0 amide bonds. The minimum absolute atomic E-state index is 0.321. The zero-order valence-corrected chi connectivity index (χ0v) is 9.17. The standard InChI is InChI=1S/C6H3Cl2NO5S/c7-4-1-3(9(10)11)2-5(6(4)8)15(12,13)14/h1-2H,(H,12,13,14). The highest BCUT2D eigenvalue weighted by molar-refractivity contribution is 7.86. The summed E-state index contributed by atoms with van der Waals surface area (Å²) in [4.78, 5) is 8.73. The maximum absolute atomic E-state index is 10.8. The van der Waals surface area contributed by atoms with Gasteiger partial charge in [0.25, 0.3) is 15.8 Å². The molecule has 1 N–H and O–H groups in total. The molecule has 9 heteroatoms. The molecule has 0 atom stereocenters. The molecular weight excluding hydrogens is 269 g/mol. The van der Waals surface area contributed by atoms with Gasteiger partial charge in [-0.05, 0) is 0 Å². The molecule has 1 rings (SSSR count). The van der Waals surface area contributed by atoms with Crippen LogP contribution >= 0.6 is 23.2 Å². The molecule has 0 fully saturated rings. The van der Waals surface area contributed by atoms with Gasteiger partial charge in [-0.3, -0.25) is 14.7 Å². The van der Waals surface area contributed by atoms with Crippen LogP contribution in [0.25, 0.3) is 0 Å². The molecule has 0 saturated carbocycles. The first-order chi connectivity index (χ1) is 6.73. The van der Waals surface area contributed by atoms with E-state index >= 15 is 0 Å². The summed E-state index contributed by atoms with van der Waals surface area (Å²) in [6.07, 6.45) is 0. The van der Waals surface area contributed by atoms with Crippen molar-refractivity contribution in [1.82, 2.24) is 0 Å². The fraction of sp³-hybridized carbons (Fsp3) is 0. The van der Waals surface area contributed by atoms with Crippen LogP contribution in [0.5, 0.6) is 0 Å². The Bertz CT molecular complexity index is 527. The van der Waals surface area contributed by atoms with Gasteiger partial charge < -0.3 is 0 Å². The Hall–Kier alpha value is -0.890. The van der Waals surface area contributed by atoms with Crippen LogP contribution in [0.3, 0.4) is 0 Å². The van der Waals surface area contributed by atoms with E-state index in [4.69, 9.17) is 27.8 Å². The lowest BCUT2D eigenvalue weighted by molar-refractivity contribution is -0.385. The van der Waals surface area contributed by atoms with Gasteiger partial charge in [-0.25, -0.2) is 0 Å². The number of nitro groups is 1. The number of hydrogen-bond donors (Lipinski definition) is 1. The van der Waals surface area contributed by atoms with Crippen LogP contribution in [0.1, 0.15) is 0 Å². The van der Waals surface area contributed by atoms with E-state index < -0.39 is 30.6 Å². The lowest BCUT2D eigenvalue weighted by Crippen LogP contribution is -2.01. The largest absolute Gasteiger partial charge is 0.296 e. The van der Waals surface area contributed by atoms with E-state index in [1.54, 1.807) is 0 Å². The van der Waals surface area contributed by atoms with Gasteiger partial charge in [0.1, 0.15) is 4.90 Å². The minimum Gasteiger partial charge on any atom is -0.282 e. The number of hydrogen-bond acceptors (Lipinski definition) is 4. The van der Waals surface area contributed by atoms with Gasteiger partial charge >= 0.3 is 0 Å². The molecule has 0 aliphatic carbocycles. The van der Waals surface area contributed by atoms with Crippen molar-refractivity contribution >= 4 is 39.0 Å². The topological polar surface area (TPSA) is 97.5 Å². The molecular formula is C6H3Cl2NO5S. The lowest BCUT2D eigenvalue weighted by atomic mass is 10.3. The maximum atomic E-state index is 10.8. The van der Waals surface area contributed by atoms with Crippen molar-refractivity contribution in [3.05, 3.63) is 32.3 Å². The molecule has 1 aromatic rings. The minimum atomic E-state index is -4.63. The highest BCUT2D eigenvalue weighted by Crippen LogP contribution is 2.33. The van der Waals surface area contributed by atoms with Crippen molar-refractivity contribution in [2.24, 2.45) is 0 Å². The molecule has 0 aromatic heterocycles. The van der Waals surface area contributed by atoms with Crippen LogP contribution in [0.15, 0.2) is 17.0 Å². The molecule has 0 radical (unpaired) electrons. The van der Waals surface area contributed by atoms with Gasteiger partial charge in [0, 0.05) is 12.1 Å². The number of non-ortho nitro benzene ring substituents is 1. The lowest BCUT2D eigenvalue weighted by Gasteiger charge is -2.02. The summed E-state index contributed by atoms with van der Waals surface area (Å²) in [6, 6.07) is 1.52. The number of halogens is 2. The van der Waals surface area contributed by atoms with Gasteiger partial charge in [0.2, 0.25) is 0 Å². The van der Waals surface area contributed by atoms with E-state index in [2.05, 4.69) is 0 Å². The SMILES string of the molecule is O=[N+]([O-])c1cc(Cl)c(Cl)c(S(=O)(=O)O)c1. The number of nitrogens with zero attached hydrogens (tertiary/aromatic N) is 1. The Morgan fingerprint density at radius 3 is 2.27 bits per heavy atom. The third-order valence-corrected chi connectivity index (χ3v) is 3.26. The quantitative estimate of drug-likeness (QED) is 0.505. The molecule has 6 nitrogen and oxygen atoms in total. The second-order valence-electron chi connectivity index (χ2n) is 2.47. The monoisotopic (exact) mass is 271 g/mol. The highest BCUT2D eigenvalue weighted by Gasteiger charge is 2.22. The van der Waals surface area contributed by atoms with Crippen molar-refractivity contribution < 1.29 is 17.9 Å².